The number of aromatic carboxylic acids is 1. The van der Waals surface area contributed by atoms with Crippen molar-refractivity contribution in [1.82, 2.24) is 0 Å². The number of hydrogen-bond donors (Lipinski definition) is 1. The van der Waals surface area contributed by atoms with E-state index in [4.69, 9.17) is 5.11 Å². The normalized spacial score (nSPS) is 17.8. The molecule has 1 aromatic rings. The molecule has 0 aliphatic carbocycles. The van der Waals surface area contributed by atoms with Gasteiger partial charge in [0, 0.05) is 29.7 Å². The Morgan fingerprint density at radius 1 is 1.50 bits per heavy atom. The van der Waals surface area contributed by atoms with Gasteiger partial charge in [-0.05, 0) is 26.0 Å². The molecule has 7 heteroatoms. The number of nitrogens with zero attached hydrogens (tertiary/aromatic N) is 2. The van der Waals surface area contributed by atoms with Gasteiger partial charge in [-0.3, -0.25) is 10.1 Å². The monoisotopic (exact) mass is 296 g/mol. The van der Waals surface area contributed by atoms with Crippen molar-refractivity contribution in [2.45, 2.75) is 18.6 Å². The highest BCUT2D eigenvalue weighted by atomic mass is 32.2. The molecule has 20 heavy (non-hydrogen) atoms. The minimum Gasteiger partial charge on any atom is -0.478 e. The largest absolute Gasteiger partial charge is 0.478 e. The SMILES string of the molecule is CC1(C)CN(c2cc(C(=O)O)ccc2[N+](=O)[O-])CCS1. The predicted octanol–water partition coefficient (Wildman–Crippen LogP) is 2.62. The molecule has 0 atom stereocenters. The van der Waals surface area contributed by atoms with Crippen molar-refractivity contribution in [3.05, 3.63) is 33.9 Å². The van der Waals surface area contributed by atoms with Crippen LogP contribution in [0.15, 0.2) is 18.2 Å². The Labute approximate surface area is 120 Å². The lowest BCUT2D eigenvalue weighted by Crippen LogP contribution is -2.43. The van der Waals surface area contributed by atoms with Gasteiger partial charge in [-0.25, -0.2) is 4.79 Å². The van der Waals surface area contributed by atoms with Crippen LogP contribution in [-0.4, -0.2) is 39.6 Å². The number of carboxylic acids is 1. The Balaban J connectivity index is 2.44. The molecule has 0 saturated carbocycles. The molecule has 1 aromatic carbocycles. The molecule has 1 N–H and O–H groups in total. The van der Waals surface area contributed by atoms with Crippen molar-refractivity contribution in [2.24, 2.45) is 0 Å². The number of hydrogen-bond acceptors (Lipinski definition) is 5. The third-order valence-electron chi connectivity index (χ3n) is 3.19. The summed E-state index contributed by atoms with van der Waals surface area (Å²) >= 11 is 1.82. The predicted molar refractivity (Wildman–Crippen MR) is 78.8 cm³/mol. The Morgan fingerprint density at radius 2 is 2.20 bits per heavy atom. The van der Waals surface area contributed by atoms with Crippen LogP contribution in [0.3, 0.4) is 0 Å². The summed E-state index contributed by atoms with van der Waals surface area (Å²) in [4.78, 5) is 23.6. The second kappa shape index (κ2) is 5.32. The molecule has 0 amide bonds. The quantitative estimate of drug-likeness (QED) is 0.682. The van der Waals surface area contributed by atoms with E-state index in [0.717, 1.165) is 5.75 Å². The Morgan fingerprint density at radius 3 is 2.75 bits per heavy atom. The standard InChI is InChI=1S/C13H16N2O4S/c1-13(2)8-14(5-6-20-13)11-7-9(12(16)17)3-4-10(11)15(18)19/h3-4,7H,5-6,8H2,1-2H3,(H,16,17). The zero-order valence-electron chi connectivity index (χ0n) is 11.3. The topological polar surface area (TPSA) is 83.7 Å². The van der Waals surface area contributed by atoms with Crippen molar-refractivity contribution in [3.8, 4) is 0 Å². The van der Waals surface area contributed by atoms with Crippen LogP contribution in [0.4, 0.5) is 11.4 Å². The van der Waals surface area contributed by atoms with Crippen LogP contribution in [0, 0.1) is 10.1 Å². The number of nitro groups is 1. The summed E-state index contributed by atoms with van der Waals surface area (Å²) < 4.78 is -0.00858. The summed E-state index contributed by atoms with van der Waals surface area (Å²) in [6.45, 7) is 5.49. The molecular weight excluding hydrogens is 280 g/mol. The van der Waals surface area contributed by atoms with Gasteiger partial charge in [-0.15, -0.1) is 0 Å². The zero-order valence-corrected chi connectivity index (χ0v) is 12.1. The molecule has 1 aliphatic rings. The molecule has 1 saturated heterocycles. The van der Waals surface area contributed by atoms with Crippen molar-refractivity contribution in [1.29, 1.82) is 0 Å². The number of carbonyl (C=O) groups is 1. The Bertz CT molecular complexity index is 559. The van der Waals surface area contributed by atoms with Gasteiger partial charge >= 0.3 is 5.97 Å². The number of nitro benzene ring substituents is 1. The second-order valence-electron chi connectivity index (χ2n) is 5.30. The first-order chi connectivity index (χ1) is 9.30. The van der Waals surface area contributed by atoms with E-state index in [-0.39, 0.29) is 16.0 Å². The van der Waals surface area contributed by atoms with E-state index in [1.807, 2.05) is 16.7 Å². The van der Waals surface area contributed by atoms with E-state index < -0.39 is 10.9 Å². The van der Waals surface area contributed by atoms with Crippen molar-refractivity contribution >= 4 is 29.1 Å². The van der Waals surface area contributed by atoms with Gasteiger partial charge in [0.15, 0.2) is 0 Å². The average molecular weight is 296 g/mol. The summed E-state index contributed by atoms with van der Waals surface area (Å²) in [6, 6.07) is 3.94. The van der Waals surface area contributed by atoms with Crippen LogP contribution in [0.25, 0.3) is 0 Å². The fourth-order valence-corrected chi connectivity index (χ4v) is 3.40. The summed E-state index contributed by atoms with van der Waals surface area (Å²) in [6.07, 6.45) is 0. The first-order valence-electron chi connectivity index (χ1n) is 6.21. The highest BCUT2D eigenvalue weighted by Crippen LogP contribution is 2.36. The molecule has 108 valence electrons. The van der Waals surface area contributed by atoms with Gasteiger partial charge in [0.25, 0.3) is 5.69 Å². The molecule has 0 aromatic heterocycles. The third-order valence-corrected chi connectivity index (χ3v) is 4.48. The van der Waals surface area contributed by atoms with Gasteiger partial charge < -0.3 is 10.0 Å². The van der Waals surface area contributed by atoms with E-state index in [1.165, 1.54) is 18.2 Å². The van der Waals surface area contributed by atoms with Gasteiger partial charge in [0.2, 0.25) is 0 Å². The number of thioether (sulfide) groups is 1. The minimum absolute atomic E-state index is 0.00858. The molecule has 0 bridgehead atoms. The maximum Gasteiger partial charge on any atom is 0.335 e. The van der Waals surface area contributed by atoms with Crippen molar-refractivity contribution in [3.63, 3.8) is 0 Å². The van der Waals surface area contributed by atoms with Gasteiger partial charge in [-0.2, -0.15) is 11.8 Å². The van der Waals surface area contributed by atoms with Crippen LogP contribution >= 0.6 is 11.8 Å². The molecule has 1 heterocycles. The molecular formula is C13H16N2O4S. The maximum absolute atomic E-state index is 11.1. The summed E-state index contributed by atoms with van der Waals surface area (Å²) in [5.41, 5.74) is 0.419. The van der Waals surface area contributed by atoms with Gasteiger partial charge in [-0.1, -0.05) is 0 Å². The fourth-order valence-electron chi connectivity index (χ4n) is 2.29. The third kappa shape index (κ3) is 3.04. The fraction of sp³-hybridized carbons (Fsp3) is 0.462. The van der Waals surface area contributed by atoms with Crippen LogP contribution < -0.4 is 4.90 Å². The van der Waals surface area contributed by atoms with E-state index in [0.29, 0.717) is 18.8 Å². The van der Waals surface area contributed by atoms with Gasteiger partial charge in [0.05, 0.1) is 10.5 Å². The van der Waals surface area contributed by atoms with E-state index in [2.05, 4.69) is 13.8 Å². The van der Waals surface area contributed by atoms with E-state index >= 15 is 0 Å². The molecule has 2 rings (SSSR count). The first-order valence-corrected chi connectivity index (χ1v) is 7.19. The lowest BCUT2D eigenvalue weighted by atomic mass is 10.1. The molecule has 0 radical (unpaired) electrons. The molecule has 0 spiro atoms. The zero-order chi connectivity index (χ0) is 14.9. The number of rotatable bonds is 3. The van der Waals surface area contributed by atoms with E-state index in [1.54, 1.807) is 0 Å². The van der Waals surface area contributed by atoms with Crippen LogP contribution in [-0.2, 0) is 0 Å². The maximum atomic E-state index is 11.1. The smallest absolute Gasteiger partial charge is 0.335 e. The molecule has 1 aliphatic heterocycles. The summed E-state index contributed by atoms with van der Waals surface area (Å²) in [5, 5.41) is 20.2. The molecule has 0 unspecified atom stereocenters. The highest BCUT2D eigenvalue weighted by Gasteiger charge is 2.31. The minimum atomic E-state index is -1.08. The average Bonchev–Trinajstić information content (AvgIpc) is 2.36. The molecule has 1 fully saturated rings. The second-order valence-corrected chi connectivity index (χ2v) is 7.10. The van der Waals surface area contributed by atoms with Gasteiger partial charge in [0.1, 0.15) is 5.69 Å². The van der Waals surface area contributed by atoms with Crippen LogP contribution in [0.5, 0.6) is 0 Å². The van der Waals surface area contributed by atoms with Crippen LogP contribution in [0.1, 0.15) is 24.2 Å². The number of benzene rings is 1. The first kappa shape index (κ1) is 14.6. The Kier molecular flexibility index (Phi) is 3.89. The lowest BCUT2D eigenvalue weighted by Gasteiger charge is -2.38. The van der Waals surface area contributed by atoms with Crippen molar-refractivity contribution in [2.75, 3.05) is 23.7 Å². The van der Waals surface area contributed by atoms with E-state index in [9.17, 15) is 14.9 Å². The molecule has 6 nitrogen and oxygen atoms in total. The Hall–Kier alpha value is -1.76. The summed E-state index contributed by atoms with van der Waals surface area (Å²) in [7, 11) is 0. The number of anilines is 1. The number of carboxylic acid groups (broad SMARTS) is 1. The van der Waals surface area contributed by atoms with Crippen molar-refractivity contribution < 1.29 is 14.8 Å². The lowest BCUT2D eigenvalue weighted by molar-refractivity contribution is -0.384. The van der Waals surface area contributed by atoms with Crippen LogP contribution in [0.2, 0.25) is 0 Å². The highest BCUT2D eigenvalue weighted by molar-refractivity contribution is 8.00. The summed E-state index contributed by atoms with van der Waals surface area (Å²) in [5.74, 6) is -0.214.